The van der Waals surface area contributed by atoms with Gasteiger partial charge < -0.3 is 4.90 Å². The molecule has 0 aliphatic carbocycles. The van der Waals surface area contributed by atoms with Crippen molar-refractivity contribution >= 4 is 28.3 Å². The molecule has 1 aromatic heterocycles. The largest absolute Gasteiger partial charge is 0.339 e. The van der Waals surface area contributed by atoms with Crippen LogP contribution >= 0.6 is 11.6 Å². The van der Waals surface area contributed by atoms with Crippen LogP contribution in [0.2, 0.25) is 5.28 Å². The lowest BCUT2D eigenvalue weighted by atomic mass is 10.5. The molecule has 0 amide bonds. The van der Waals surface area contributed by atoms with Gasteiger partial charge in [0.15, 0.2) is 0 Å². The fraction of sp³-hybridized carbons (Fsp3) is 0.625. The van der Waals surface area contributed by atoms with Gasteiger partial charge in [0.2, 0.25) is 11.2 Å². The number of hydrogen-bond acceptors (Lipinski definition) is 5. The number of nitrogens with zero attached hydrogens (tertiary/aromatic N) is 4. The molecule has 1 aliphatic rings. The van der Waals surface area contributed by atoms with Crippen molar-refractivity contribution < 1.29 is 4.21 Å². The molecule has 1 aromatic rings. The summed E-state index contributed by atoms with van der Waals surface area (Å²) in [6.07, 6.45) is 0. The third kappa shape index (κ3) is 2.63. The summed E-state index contributed by atoms with van der Waals surface area (Å²) >= 11 is 5.75. The highest BCUT2D eigenvalue weighted by atomic mass is 35.5. The molecule has 0 bridgehead atoms. The molecule has 5 nitrogen and oxygen atoms in total. The molecule has 2 heterocycles. The van der Waals surface area contributed by atoms with Gasteiger partial charge >= 0.3 is 0 Å². The minimum Gasteiger partial charge on any atom is -0.339 e. The molecule has 82 valence electrons. The maximum absolute atomic E-state index is 11.2. The van der Waals surface area contributed by atoms with Gasteiger partial charge in [-0.2, -0.15) is 9.97 Å². The predicted octanol–water partition coefficient (Wildman–Crippen LogP) is 0.402. The van der Waals surface area contributed by atoms with E-state index in [9.17, 15) is 4.21 Å². The van der Waals surface area contributed by atoms with Gasteiger partial charge in [0.1, 0.15) is 5.82 Å². The SMILES string of the molecule is Cc1nc(Cl)nc(N2CCS(=O)CC2)n1. The van der Waals surface area contributed by atoms with E-state index in [1.807, 2.05) is 4.90 Å². The zero-order valence-corrected chi connectivity index (χ0v) is 9.88. The Balaban J connectivity index is 2.18. The second-order valence-electron chi connectivity index (χ2n) is 3.29. The number of halogens is 1. The lowest BCUT2D eigenvalue weighted by Crippen LogP contribution is -2.38. The van der Waals surface area contributed by atoms with Crippen LogP contribution in [-0.4, -0.2) is 43.8 Å². The van der Waals surface area contributed by atoms with Gasteiger partial charge in [0, 0.05) is 35.4 Å². The van der Waals surface area contributed by atoms with Crippen molar-refractivity contribution in [2.45, 2.75) is 6.92 Å². The van der Waals surface area contributed by atoms with Crippen molar-refractivity contribution in [3.8, 4) is 0 Å². The van der Waals surface area contributed by atoms with E-state index in [4.69, 9.17) is 11.6 Å². The van der Waals surface area contributed by atoms with E-state index in [1.54, 1.807) is 6.92 Å². The van der Waals surface area contributed by atoms with Crippen molar-refractivity contribution in [1.82, 2.24) is 15.0 Å². The molecular weight excluding hydrogens is 236 g/mol. The van der Waals surface area contributed by atoms with Crippen LogP contribution in [0, 0.1) is 6.92 Å². The van der Waals surface area contributed by atoms with Crippen molar-refractivity contribution in [2.24, 2.45) is 0 Å². The van der Waals surface area contributed by atoms with Crippen molar-refractivity contribution in [3.05, 3.63) is 11.1 Å². The second-order valence-corrected chi connectivity index (χ2v) is 5.32. The quantitative estimate of drug-likeness (QED) is 0.718. The van der Waals surface area contributed by atoms with Gasteiger partial charge in [-0.15, -0.1) is 0 Å². The Morgan fingerprint density at radius 3 is 2.53 bits per heavy atom. The van der Waals surface area contributed by atoms with Crippen molar-refractivity contribution in [3.63, 3.8) is 0 Å². The van der Waals surface area contributed by atoms with Crippen LogP contribution < -0.4 is 4.90 Å². The molecule has 0 spiro atoms. The number of aromatic nitrogens is 3. The molecular formula is C8H11ClN4OS. The standard InChI is InChI=1S/C8H11ClN4OS/c1-6-10-7(9)12-8(11-6)13-2-4-15(14)5-3-13/h2-5H2,1H3. The molecule has 0 radical (unpaired) electrons. The molecule has 1 saturated heterocycles. The summed E-state index contributed by atoms with van der Waals surface area (Å²) in [5.41, 5.74) is 0. The Morgan fingerprint density at radius 1 is 1.27 bits per heavy atom. The Morgan fingerprint density at radius 2 is 1.93 bits per heavy atom. The highest BCUT2D eigenvalue weighted by molar-refractivity contribution is 7.85. The first kappa shape index (κ1) is 10.8. The van der Waals surface area contributed by atoms with E-state index in [-0.39, 0.29) is 5.28 Å². The highest BCUT2D eigenvalue weighted by Crippen LogP contribution is 2.12. The fourth-order valence-corrected chi connectivity index (χ4v) is 2.67. The number of anilines is 1. The van der Waals surface area contributed by atoms with Gasteiger partial charge in [0.25, 0.3) is 0 Å². The summed E-state index contributed by atoms with van der Waals surface area (Å²) in [6, 6.07) is 0. The van der Waals surface area contributed by atoms with E-state index >= 15 is 0 Å². The minimum atomic E-state index is -0.691. The van der Waals surface area contributed by atoms with Crippen LogP contribution in [0.15, 0.2) is 0 Å². The molecule has 0 unspecified atom stereocenters. The van der Waals surface area contributed by atoms with Crippen LogP contribution in [0.25, 0.3) is 0 Å². The molecule has 0 aromatic carbocycles. The second kappa shape index (κ2) is 4.40. The normalized spacial score (nSPS) is 18.1. The minimum absolute atomic E-state index is 0.212. The third-order valence-corrected chi connectivity index (χ3v) is 3.61. The van der Waals surface area contributed by atoms with Crippen LogP contribution in [0.1, 0.15) is 5.82 Å². The maximum Gasteiger partial charge on any atom is 0.229 e. The van der Waals surface area contributed by atoms with Gasteiger partial charge in [0.05, 0.1) is 0 Å². The Kier molecular flexibility index (Phi) is 3.16. The van der Waals surface area contributed by atoms with E-state index in [0.717, 1.165) is 0 Å². The van der Waals surface area contributed by atoms with E-state index in [0.29, 0.717) is 36.4 Å². The molecule has 7 heteroatoms. The van der Waals surface area contributed by atoms with Crippen LogP contribution in [0.4, 0.5) is 5.95 Å². The molecule has 1 aliphatic heterocycles. The maximum atomic E-state index is 11.2. The average Bonchev–Trinajstić information content (AvgIpc) is 2.17. The number of rotatable bonds is 1. The monoisotopic (exact) mass is 246 g/mol. The third-order valence-electron chi connectivity index (χ3n) is 2.17. The van der Waals surface area contributed by atoms with Gasteiger partial charge in [-0.25, -0.2) is 4.98 Å². The van der Waals surface area contributed by atoms with E-state index in [1.165, 1.54) is 0 Å². The van der Waals surface area contributed by atoms with Crippen molar-refractivity contribution in [2.75, 3.05) is 29.5 Å². The fourth-order valence-electron chi connectivity index (χ4n) is 1.42. The van der Waals surface area contributed by atoms with E-state index in [2.05, 4.69) is 15.0 Å². The summed E-state index contributed by atoms with van der Waals surface area (Å²) in [4.78, 5) is 14.1. The van der Waals surface area contributed by atoms with E-state index < -0.39 is 10.8 Å². The lowest BCUT2D eigenvalue weighted by molar-refractivity contribution is 0.670. The Hall–Kier alpha value is -0.750. The molecule has 15 heavy (non-hydrogen) atoms. The van der Waals surface area contributed by atoms with Crippen LogP contribution in [-0.2, 0) is 10.8 Å². The Bertz CT molecular complexity index is 370. The number of hydrogen-bond donors (Lipinski definition) is 0. The summed E-state index contributed by atoms with van der Waals surface area (Å²) < 4.78 is 11.2. The summed E-state index contributed by atoms with van der Waals surface area (Å²) in [6.45, 7) is 3.21. The lowest BCUT2D eigenvalue weighted by Gasteiger charge is -2.26. The van der Waals surface area contributed by atoms with Gasteiger partial charge in [-0.1, -0.05) is 0 Å². The molecule has 1 fully saturated rings. The van der Waals surface area contributed by atoms with Gasteiger partial charge in [-0.3, -0.25) is 4.21 Å². The highest BCUT2D eigenvalue weighted by Gasteiger charge is 2.18. The van der Waals surface area contributed by atoms with Crippen LogP contribution in [0.5, 0.6) is 0 Å². The first-order valence-electron chi connectivity index (χ1n) is 4.63. The summed E-state index contributed by atoms with van der Waals surface area (Å²) in [5.74, 6) is 2.53. The zero-order chi connectivity index (χ0) is 10.8. The zero-order valence-electron chi connectivity index (χ0n) is 8.31. The van der Waals surface area contributed by atoms with Crippen LogP contribution in [0.3, 0.4) is 0 Å². The first-order chi connectivity index (χ1) is 7.15. The summed E-state index contributed by atoms with van der Waals surface area (Å²) in [5, 5.41) is 0.212. The smallest absolute Gasteiger partial charge is 0.229 e. The van der Waals surface area contributed by atoms with Gasteiger partial charge in [-0.05, 0) is 18.5 Å². The number of aryl methyl sites for hydroxylation is 1. The molecule has 2 rings (SSSR count). The summed E-state index contributed by atoms with van der Waals surface area (Å²) in [7, 11) is -0.691. The topological polar surface area (TPSA) is 59.0 Å². The predicted molar refractivity (Wildman–Crippen MR) is 59.7 cm³/mol. The molecule has 0 saturated carbocycles. The Labute approximate surface area is 95.3 Å². The van der Waals surface area contributed by atoms with Crippen molar-refractivity contribution in [1.29, 1.82) is 0 Å². The molecule has 0 atom stereocenters. The molecule has 0 N–H and O–H groups in total. The first-order valence-corrected chi connectivity index (χ1v) is 6.50. The average molecular weight is 247 g/mol.